The van der Waals surface area contributed by atoms with Gasteiger partial charge in [0.2, 0.25) is 5.89 Å². The van der Waals surface area contributed by atoms with Gasteiger partial charge in [0.1, 0.15) is 0 Å². The van der Waals surface area contributed by atoms with Crippen LogP contribution in [0.5, 0.6) is 0 Å². The fourth-order valence-electron chi connectivity index (χ4n) is 1.24. The Morgan fingerprint density at radius 2 is 2.43 bits per heavy atom. The summed E-state index contributed by atoms with van der Waals surface area (Å²) in [7, 11) is 0. The number of aliphatic imine (C=N–C) groups is 1. The second-order valence-corrected chi connectivity index (χ2v) is 3.56. The van der Waals surface area contributed by atoms with E-state index in [9.17, 15) is 0 Å². The normalized spacial score (nSPS) is 17.4. The van der Waals surface area contributed by atoms with Crippen LogP contribution < -0.4 is 5.73 Å². The van der Waals surface area contributed by atoms with Crippen molar-refractivity contribution in [3.05, 3.63) is 11.7 Å². The van der Waals surface area contributed by atoms with Crippen LogP contribution in [0.25, 0.3) is 0 Å². The number of aryl methyl sites for hydroxylation is 1. The van der Waals surface area contributed by atoms with Crippen LogP contribution in [-0.2, 0) is 6.42 Å². The van der Waals surface area contributed by atoms with E-state index in [1.165, 1.54) is 12.8 Å². The summed E-state index contributed by atoms with van der Waals surface area (Å²) in [4.78, 5) is 8.34. The molecule has 0 bridgehead atoms. The minimum Gasteiger partial charge on any atom is -0.387 e. The highest BCUT2D eigenvalue weighted by Crippen LogP contribution is 2.28. The van der Waals surface area contributed by atoms with E-state index in [4.69, 9.17) is 10.3 Å². The zero-order valence-electron chi connectivity index (χ0n) is 8.23. The van der Waals surface area contributed by atoms with Gasteiger partial charge in [-0.15, -0.1) is 0 Å². The first kappa shape index (κ1) is 9.18. The van der Waals surface area contributed by atoms with E-state index >= 15 is 0 Å². The first-order valence-corrected chi connectivity index (χ1v) is 4.84. The first-order chi connectivity index (χ1) is 6.75. The fraction of sp³-hybridized carbons (Fsp3) is 0.667. The Bertz CT molecular complexity index is 340. The van der Waals surface area contributed by atoms with E-state index in [1.807, 2.05) is 0 Å². The molecule has 0 aromatic carbocycles. The average Bonchev–Trinajstić information content (AvgIpc) is 2.92. The minimum atomic E-state index is 0.544. The van der Waals surface area contributed by atoms with Gasteiger partial charge < -0.3 is 10.3 Å². The quantitative estimate of drug-likeness (QED) is 0.565. The van der Waals surface area contributed by atoms with Crippen LogP contribution in [0.15, 0.2) is 9.52 Å². The molecule has 14 heavy (non-hydrogen) atoms. The summed E-state index contributed by atoms with van der Waals surface area (Å²) in [5.41, 5.74) is 5.73. The van der Waals surface area contributed by atoms with Crippen LogP contribution in [0.4, 0.5) is 0 Å². The third-order valence-corrected chi connectivity index (χ3v) is 2.20. The molecule has 1 aliphatic rings. The SMILES string of the molecule is Cc1nc(CCN=C(N)C2CC2)no1. The highest BCUT2D eigenvalue weighted by atomic mass is 16.5. The van der Waals surface area contributed by atoms with Crippen molar-refractivity contribution in [3.63, 3.8) is 0 Å². The highest BCUT2D eigenvalue weighted by molar-refractivity contribution is 5.84. The van der Waals surface area contributed by atoms with E-state index in [0.29, 0.717) is 30.6 Å². The zero-order valence-corrected chi connectivity index (χ0v) is 8.23. The van der Waals surface area contributed by atoms with Crippen LogP contribution >= 0.6 is 0 Å². The number of hydrogen-bond acceptors (Lipinski definition) is 4. The summed E-state index contributed by atoms with van der Waals surface area (Å²) < 4.78 is 4.84. The largest absolute Gasteiger partial charge is 0.387 e. The standard InChI is InChI=1S/C9H14N4O/c1-6-12-8(13-14-6)4-5-11-9(10)7-2-3-7/h7H,2-5H2,1H3,(H2,10,11). The van der Waals surface area contributed by atoms with Crippen LogP contribution in [0.3, 0.4) is 0 Å². The molecule has 1 saturated carbocycles. The molecular weight excluding hydrogens is 180 g/mol. The van der Waals surface area contributed by atoms with Gasteiger partial charge >= 0.3 is 0 Å². The summed E-state index contributed by atoms with van der Waals surface area (Å²) in [5.74, 6) is 2.63. The molecule has 0 saturated heterocycles. The second-order valence-electron chi connectivity index (χ2n) is 3.56. The number of rotatable bonds is 4. The van der Waals surface area contributed by atoms with Crippen molar-refractivity contribution in [2.75, 3.05) is 6.54 Å². The third kappa shape index (κ3) is 2.31. The average molecular weight is 194 g/mol. The summed E-state index contributed by atoms with van der Waals surface area (Å²) in [6, 6.07) is 0. The fourth-order valence-corrected chi connectivity index (χ4v) is 1.24. The molecule has 5 heteroatoms. The topological polar surface area (TPSA) is 77.3 Å². The Kier molecular flexibility index (Phi) is 2.47. The van der Waals surface area contributed by atoms with Gasteiger partial charge in [-0.1, -0.05) is 5.16 Å². The predicted octanol–water partition coefficient (Wildman–Crippen LogP) is 0.688. The first-order valence-electron chi connectivity index (χ1n) is 4.84. The van der Waals surface area contributed by atoms with E-state index in [0.717, 1.165) is 5.84 Å². The summed E-state index contributed by atoms with van der Waals surface area (Å²) >= 11 is 0. The molecule has 1 aromatic rings. The highest BCUT2D eigenvalue weighted by Gasteiger charge is 2.25. The Hall–Kier alpha value is -1.39. The van der Waals surface area contributed by atoms with Gasteiger partial charge in [-0.25, -0.2) is 0 Å². The Morgan fingerprint density at radius 1 is 1.64 bits per heavy atom. The lowest BCUT2D eigenvalue weighted by atomic mass is 10.3. The Balaban J connectivity index is 1.79. The molecule has 0 aliphatic heterocycles. The maximum absolute atomic E-state index is 5.73. The van der Waals surface area contributed by atoms with Crippen LogP contribution in [0.1, 0.15) is 24.6 Å². The molecule has 0 radical (unpaired) electrons. The van der Waals surface area contributed by atoms with Crippen molar-refractivity contribution in [1.29, 1.82) is 0 Å². The Labute approximate surface area is 82.4 Å². The lowest BCUT2D eigenvalue weighted by molar-refractivity contribution is 0.387. The molecule has 76 valence electrons. The number of amidine groups is 1. The van der Waals surface area contributed by atoms with E-state index in [-0.39, 0.29) is 0 Å². The molecule has 0 spiro atoms. The van der Waals surface area contributed by atoms with Gasteiger partial charge in [-0.05, 0) is 12.8 Å². The molecule has 5 nitrogen and oxygen atoms in total. The monoisotopic (exact) mass is 194 g/mol. The van der Waals surface area contributed by atoms with E-state index in [2.05, 4.69) is 15.1 Å². The van der Waals surface area contributed by atoms with Crippen molar-refractivity contribution >= 4 is 5.84 Å². The maximum Gasteiger partial charge on any atom is 0.223 e. The Morgan fingerprint density at radius 3 is 3.00 bits per heavy atom. The lowest BCUT2D eigenvalue weighted by Crippen LogP contribution is -2.14. The van der Waals surface area contributed by atoms with Crippen molar-refractivity contribution in [1.82, 2.24) is 10.1 Å². The van der Waals surface area contributed by atoms with Crippen LogP contribution in [-0.4, -0.2) is 22.5 Å². The van der Waals surface area contributed by atoms with Gasteiger partial charge in [0.05, 0.1) is 5.84 Å². The molecule has 2 N–H and O–H groups in total. The van der Waals surface area contributed by atoms with Gasteiger partial charge in [0.15, 0.2) is 5.82 Å². The molecule has 1 aromatic heterocycles. The van der Waals surface area contributed by atoms with Crippen LogP contribution in [0, 0.1) is 12.8 Å². The number of aromatic nitrogens is 2. The van der Waals surface area contributed by atoms with Gasteiger partial charge in [-0.3, -0.25) is 4.99 Å². The summed E-state index contributed by atoms with van der Waals surface area (Å²) in [6.45, 7) is 2.43. The van der Waals surface area contributed by atoms with Gasteiger partial charge in [0.25, 0.3) is 0 Å². The van der Waals surface area contributed by atoms with Crippen molar-refractivity contribution in [2.45, 2.75) is 26.2 Å². The molecule has 0 atom stereocenters. The summed E-state index contributed by atoms with van der Waals surface area (Å²) in [5, 5.41) is 3.78. The molecule has 0 unspecified atom stereocenters. The van der Waals surface area contributed by atoms with Crippen molar-refractivity contribution in [2.24, 2.45) is 16.6 Å². The van der Waals surface area contributed by atoms with E-state index < -0.39 is 0 Å². The lowest BCUT2D eigenvalue weighted by Gasteiger charge is -1.95. The van der Waals surface area contributed by atoms with Gasteiger partial charge in [-0.2, -0.15) is 4.98 Å². The smallest absolute Gasteiger partial charge is 0.223 e. The zero-order chi connectivity index (χ0) is 9.97. The minimum absolute atomic E-state index is 0.544. The molecule has 1 heterocycles. The van der Waals surface area contributed by atoms with Gasteiger partial charge in [0, 0.05) is 25.8 Å². The molecule has 2 rings (SSSR count). The van der Waals surface area contributed by atoms with E-state index in [1.54, 1.807) is 6.92 Å². The van der Waals surface area contributed by atoms with Crippen molar-refractivity contribution < 1.29 is 4.52 Å². The molecule has 1 aliphatic carbocycles. The second kappa shape index (κ2) is 3.77. The molecule has 0 amide bonds. The van der Waals surface area contributed by atoms with Crippen molar-refractivity contribution in [3.8, 4) is 0 Å². The maximum atomic E-state index is 5.73. The van der Waals surface area contributed by atoms with Crippen LogP contribution in [0.2, 0.25) is 0 Å². The third-order valence-electron chi connectivity index (χ3n) is 2.20. The number of nitrogens with two attached hydrogens (primary N) is 1. The number of hydrogen-bond donors (Lipinski definition) is 1. The number of nitrogens with zero attached hydrogens (tertiary/aromatic N) is 3. The predicted molar refractivity (Wildman–Crippen MR) is 52.0 cm³/mol. The molecule has 1 fully saturated rings. The summed E-state index contributed by atoms with van der Waals surface area (Å²) in [6.07, 6.45) is 3.08. The molecular formula is C9H14N4O.